The predicted molar refractivity (Wildman–Crippen MR) is 45.5 cm³/mol. The Balaban J connectivity index is 3.27. The van der Waals surface area contributed by atoms with E-state index in [0.717, 1.165) is 19.2 Å². The third kappa shape index (κ3) is 2.04. The zero-order valence-electron chi connectivity index (χ0n) is 7.70. The molecule has 1 rings (SSSR count). The molecule has 0 amide bonds. The maximum absolute atomic E-state index is 13.4. The van der Waals surface area contributed by atoms with Crippen LogP contribution >= 0.6 is 0 Å². The molecule has 0 aromatic heterocycles. The Morgan fingerprint density at radius 2 is 2.07 bits per heavy atom. The minimum atomic E-state index is -2.04. The van der Waals surface area contributed by atoms with Gasteiger partial charge in [-0.3, -0.25) is 0 Å². The number of benzene rings is 1. The number of carbonyl (C=O) groups is 1. The largest absolute Gasteiger partial charge is 0.491 e. The van der Waals surface area contributed by atoms with E-state index in [2.05, 4.69) is 4.74 Å². The maximum Gasteiger partial charge on any atom is 0.337 e. The van der Waals surface area contributed by atoms with E-state index in [9.17, 15) is 13.6 Å². The topological polar surface area (TPSA) is 66.8 Å². The molecule has 0 aliphatic rings. The molecule has 1 aromatic rings. The number of aliphatic carboxylic acids is 1. The van der Waals surface area contributed by atoms with Gasteiger partial charge in [0.1, 0.15) is 0 Å². The number of aliphatic hydroxyl groups is 1. The Kier molecular flexibility index (Phi) is 3.21. The van der Waals surface area contributed by atoms with Crippen LogP contribution in [0.4, 0.5) is 8.78 Å². The Hall–Kier alpha value is -1.69. The summed E-state index contributed by atoms with van der Waals surface area (Å²) in [5.74, 6) is -4.51. The average molecular weight is 218 g/mol. The molecule has 6 heteroatoms. The summed E-state index contributed by atoms with van der Waals surface area (Å²) in [6.07, 6.45) is -2.04. The summed E-state index contributed by atoms with van der Waals surface area (Å²) >= 11 is 0. The molecule has 82 valence electrons. The summed E-state index contributed by atoms with van der Waals surface area (Å²) in [6, 6.07) is 1.68. The molecule has 0 spiro atoms. The number of halogens is 2. The monoisotopic (exact) mass is 218 g/mol. The van der Waals surface area contributed by atoms with Crippen LogP contribution in [0, 0.1) is 11.6 Å². The highest BCUT2D eigenvalue weighted by atomic mass is 19.1. The smallest absolute Gasteiger partial charge is 0.337 e. The molecule has 0 saturated carbocycles. The van der Waals surface area contributed by atoms with Crippen molar-refractivity contribution in [2.75, 3.05) is 7.11 Å². The maximum atomic E-state index is 13.4. The van der Waals surface area contributed by atoms with E-state index in [1.807, 2.05) is 0 Å². The molecule has 0 heterocycles. The van der Waals surface area contributed by atoms with Crippen LogP contribution in [0.3, 0.4) is 0 Å². The first-order chi connectivity index (χ1) is 6.99. The average Bonchev–Trinajstić information content (AvgIpc) is 2.17. The van der Waals surface area contributed by atoms with Crippen LogP contribution in [0.1, 0.15) is 11.7 Å². The minimum Gasteiger partial charge on any atom is -0.491 e. The molecule has 0 radical (unpaired) electrons. The van der Waals surface area contributed by atoms with Crippen LogP contribution in [-0.2, 0) is 4.79 Å². The summed E-state index contributed by atoms with van der Waals surface area (Å²) in [4.78, 5) is 10.4. The molecule has 0 bridgehead atoms. The van der Waals surface area contributed by atoms with Gasteiger partial charge in [0.15, 0.2) is 23.5 Å². The number of rotatable bonds is 3. The summed E-state index contributed by atoms with van der Waals surface area (Å²) in [6.45, 7) is 0. The van der Waals surface area contributed by atoms with Crippen molar-refractivity contribution in [1.29, 1.82) is 0 Å². The summed E-state index contributed by atoms with van der Waals surface area (Å²) < 4.78 is 30.6. The van der Waals surface area contributed by atoms with Crippen molar-refractivity contribution in [2.45, 2.75) is 6.10 Å². The fourth-order valence-electron chi connectivity index (χ4n) is 1.08. The molecule has 2 N–H and O–H groups in total. The van der Waals surface area contributed by atoms with Crippen molar-refractivity contribution in [1.82, 2.24) is 0 Å². The lowest BCUT2D eigenvalue weighted by Crippen LogP contribution is -2.13. The van der Waals surface area contributed by atoms with Gasteiger partial charge in [0, 0.05) is 5.56 Å². The second kappa shape index (κ2) is 4.22. The Bertz CT molecular complexity index is 392. The second-order valence-corrected chi connectivity index (χ2v) is 2.72. The van der Waals surface area contributed by atoms with Gasteiger partial charge in [0.2, 0.25) is 0 Å². The number of hydrogen-bond acceptors (Lipinski definition) is 3. The molecule has 0 aliphatic heterocycles. The third-order valence-electron chi connectivity index (χ3n) is 1.81. The van der Waals surface area contributed by atoms with Gasteiger partial charge < -0.3 is 14.9 Å². The van der Waals surface area contributed by atoms with Gasteiger partial charge in [0.25, 0.3) is 0 Å². The molecular weight excluding hydrogens is 210 g/mol. The van der Waals surface area contributed by atoms with E-state index in [1.54, 1.807) is 0 Å². The highest BCUT2D eigenvalue weighted by molar-refractivity contribution is 5.74. The van der Waals surface area contributed by atoms with Crippen molar-refractivity contribution in [3.8, 4) is 5.75 Å². The lowest BCUT2D eigenvalue weighted by atomic mass is 10.1. The lowest BCUT2D eigenvalue weighted by Gasteiger charge is -2.10. The fourth-order valence-corrected chi connectivity index (χ4v) is 1.08. The molecule has 0 aliphatic carbocycles. The lowest BCUT2D eigenvalue weighted by molar-refractivity contribution is -0.147. The van der Waals surface area contributed by atoms with Crippen LogP contribution < -0.4 is 4.74 Å². The van der Waals surface area contributed by atoms with Gasteiger partial charge in [0.05, 0.1) is 7.11 Å². The molecule has 0 saturated heterocycles. The first-order valence-electron chi connectivity index (χ1n) is 3.91. The van der Waals surface area contributed by atoms with E-state index >= 15 is 0 Å². The number of carboxylic acids is 1. The van der Waals surface area contributed by atoms with Gasteiger partial charge in [-0.1, -0.05) is 0 Å². The van der Waals surface area contributed by atoms with Gasteiger partial charge in [-0.2, -0.15) is 0 Å². The number of methoxy groups -OCH3 is 1. The van der Waals surface area contributed by atoms with Gasteiger partial charge in [-0.05, 0) is 12.1 Å². The van der Waals surface area contributed by atoms with Crippen LogP contribution in [0.2, 0.25) is 0 Å². The highest BCUT2D eigenvalue weighted by Gasteiger charge is 2.24. The molecule has 15 heavy (non-hydrogen) atoms. The molecular formula is C9H8F2O4. The summed E-state index contributed by atoms with van der Waals surface area (Å²) in [7, 11) is 1.04. The van der Waals surface area contributed by atoms with Crippen LogP contribution in [-0.4, -0.2) is 23.3 Å². The Labute approximate surface area is 83.7 Å². The van der Waals surface area contributed by atoms with E-state index in [4.69, 9.17) is 10.2 Å². The zero-order chi connectivity index (χ0) is 11.6. The van der Waals surface area contributed by atoms with Crippen LogP contribution in [0.15, 0.2) is 12.1 Å². The first-order valence-corrected chi connectivity index (χ1v) is 3.91. The molecule has 4 nitrogen and oxygen atoms in total. The number of aliphatic hydroxyl groups excluding tert-OH is 1. The van der Waals surface area contributed by atoms with Crippen molar-refractivity contribution in [3.05, 3.63) is 29.3 Å². The third-order valence-corrected chi connectivity index (χ3v) is 1.81. The number of carboxylic acid groups (broad SMARTS) is 1. The second-order valence-electron chi connectivity index (χ2n) is 2.72. The van der Waals surface area contributed by atoms with E-state index in [0.29, 0.717) is 0 Å². The van der Waals surface area contributed by atoms with Crippen molar-refractivity contribution in [3.63, 3.8) is 0 Å². The Morgan fingerprint density at radius 3 is 2.53 bits per heavy atom. The first kappa shape index (κ1) is 11.4. The normalized spacial score (nSPS) is 12.3. The van der Waals surface area contributed by atoms with E-state index in [-0.39, 0.29) is 0 Å². The van der Waals surface area contributed by atoms with E-state index < -0.39 is 35.0 Å². The SMILES string of the molecule is COc1c(F)ccc(C(O)C(=O)O)c1F. The summed E-state index contributed by atoms with van der Waals surface area (Å²) in [5.41, 5.74) is -0.541. The standard InChI is InChI=1S/C9H8F2O4/c1-15-8-5(10)3-2-4(6(8)11)7(12)9(13)14/h2-3,7,12H,1H3,(H,13,14). The van der Waals surface area contributed by atoms with Crippen LogP contribution in [0.25, 0.3) is 0 Å². The van der Waals surface area contributed by atoms with E-state index in [1.165, 1.54) is 0 Å². The van der Waals surface area contributed by atoms with Crippen molar-refractivity contribution >= 4 is 5.97 Å². The molecule has 0 fully saturated rings. The highest BCUT2D eigenvalue weighted by Crippen LogP contribution is 2.27. The number of hydrogen-bond donors (Lipinski definition) is 2. The molecule has 1 atom stereocenters. The predicted octanol–water partition coefficient (Wildman–Crippen LogP) is 1.09. The van der Waals surface area contributed by atoms with Crippen LogP contribution in [0.5, 0.6) is 5.75 Å². The molecule has 1 unspecified atom stereocenters. The Morgan fingerprint density at radius 1 is 1.47 bits per heavy atom. The number of ether oxygens (including phenoxy) is 1. The zero-order valence-corrected chi connectivity index (χ0v) is 7.70. The fraction of sp³-hybridized carbons (Fsp3) is 0.222. The van der Waals surface area contributed by atoms with Crippen molar-refractivity contribution in [2.24, 2.45) is 0 Å². The minimum absolute atomic E-state index is 0.541. The molecule has 1 aromatic carbocycles. The van der Waals surface area contributed by atoms with Gasteiger partial charge in [-0.25, -0.2) is 13.6 Å². The summed E-state index contributed by atoms with van der Waals surface area (Å²) in [5, 5.41) is 17.5. The van der Waals surface area contributed by atoms with Gasteiger partial charge >= 0.3 is 5.97 Å². The quantitative estimate of drug-likeness (QED) is 0.796. The van der Waals surface area contributed by atoms with Crippen molar-refractivity contribution < 1.29 is 28.5 Å². The van der Waals surface area contributed by atoms with Gasteiger partial charge in [-0.15, -0.1) is 0 Å².